The molecule has 0 aliphatic carbocycles. The van der Waals surface area contributed by atoms with E-state index in [0.29, 0.717) is 17.4 Å². The summed E-state index contributed by atoms with van der Waals surface area (Å²) < 4.78 is 1.69. The largest absolute Gasteiger partial charge is 0.388 e. The standard InChI is InChI=1S/C11H13N5S/c1-7(2)8-3-4-16(15-8)10-6-13-9(5-14-10)11(12)17/h3-7H,1-2H3,(H2,12,17). The van der Waals surface area contributed by atoms with E-state index in [-0.39, 0.29) is 4.99 Å². The second-order valence-corrected chi connectivity index (χ2v) is 4.40. The Bertz CT molecular complexity index is 529. The fourth-order valence-corrected chi connectivity index (χ4v) is 1.45. The Morgan fingerprint density at radius 3 is 2.59 bits per heavy atom. The van der Waals surface area contributed by atoms with Crippen molar-refractivity contribution >= 4 is 17.2 Å². The van der Waals surface area contributed by atoms with Crippen molar-refractivity contribution in [3.8, 4) is 5.82 Å². The molecule has 0 fully saturated rings. The molecule has 0 saturated heterocycles. The van der Waals surface area contributed by atoms with E-state index >= 15 is 0 Å². The molecule has 0 saturated carbocycles. The molecule has 2 heterocycles. The Kier molecular flexibility index (Phi) is 3.14. The van der Waals surface area contributed by atoms with Crippen LogP contribution in [0.2, 0.25) is 0 Å². The van der Waals surface area contributed by atoms with Gasteiger partial charge in [0.25, 0.3) is 0 Å². The van der Waals surface area contributed by atoms with Crippen LogP contribution in [0.3, 0.4) is 0 Å². The summed E-state index contributed by atoms with van der Waals surface area (Å²) in [4.78, 5) is 8.58. The van der Waals surface area contributed by atoms with Crippen LogP contribution in [0, 0.1) is 0 Å². The van der Waals surface area contributed by atoms with Crippen molar-refractivity contribution < 1.29 is 0 Å². The predicted octanol–water partition coefficient (Wildman–Crippen LogP) is 1.42. The van der Waals surface area contributed by atoms with Crippen molar-refractivity contribution in [3.05, 3.63) is 36.0 Å². The molecule has 88 valence electrons. The van der Waals surface area contributed by atoms with Gasteiger partial charge in [-0.15, -0.1) is 0 Å². The Labute approximate surface area is 105 Å². The molecule has 0 unspecified atom stereocenters. The Morgan fingerprint density at radius 1 is 1.35 bits per heavy atom. The highest BCUT2D eigenvalue weighted by Gasteiger charge is 2.06. The lowest BCUT2D eigenvalue weighted by molar-refractivity contribution is 0.755. The fourth-order valence-electron chi connectivity index (χ4n) is 1.34. The van der Waals surface area contributed by atoms with Crippen LogP contribution in [0.1, 0.15) is 31.2 Å². The SMILES string of the molecule is CC(C)c1ccn(-c2cnc(C(N)=S)cn2)n1. The van der Waals surface area contributed by atoms with Crippen LogP contribution >= 0.6 is 12.2 Å². The number of hydrogen-bond acceptors (Lipinski definition) is 4. The van der Waals surface area contributed by atoms with Crippen LogP contribution in [-0.2, 0) is 0 Å². The quantitative estimate of drug-likeness (QED) is 0.831. The smallest absolute Gasteiger partial charge is 0.171 e. The summed E-state index contributed by atoms with van der Waals surface area (Å²) in [5, 5.41) is 4.40. The number of nitrogens with two attached hydrogens (primary N) is 1. The van der Waals surface area contributed by atoms with E-state index in [1.807, 2.05) is 12.3 Å². The van der Waals surface area contributed by atoms with Gasteiger partial charge in [0.2, 0.25) is 0 Å². The minimum Gasteiger partial charge on any atom is -0.388 e. The Morgan fingerprint density at radius 2 is 2.12 bits per heavy atom. The van der Waals surface area contributed by atoms with Gasteiger partial charge in [0.05, 0.1) is 18.1 Å². The lowest BCUT2D eigenvalue weighted by Gasteiger charge is -2.02. The lowest BCUT2D eigenvalue weighted by atomic mass is 10.1. The second-order valence-electron chi connectivity index (χ2n) is 3.96. The molecule has 0 amide bonds. The van der Waals surface area contributed by atoms with Crippen LogP contribution in [0.25, 0.3) is 5.82 Å². The van der Waals surface area contributed by atoms with Crippen molar-refractivity contribution in [1.29, 1.82) is 0 Å². The molecule has 0 atom stereocenters. The first kappa shape index (κ1) is 11.7. The molecular formula is C11H13N5S. The van der Waals surface area contributed by atoms with Gasteiger partial charge in [-0.25, -0.2) is 14.6 Å². The van der Waals surface area contributed by atoms with E-state index in [0.717, 1.165) is 5.69 Å². The summed E-state index contributed by atoms with van der Waals surface area (Å²) in [7, 11) is 0. The van der Waals surface area contributed by atoms with Gasteiger partial charge >= 0.3 is 0 Å². The summed E-state index contributed by atoms with van der Waals surface area (Å²) in [5.74, 6) is 1.04. The van der Waals surface area contributed by atoms with Gasteiger partial charge in [-0.05, 0) is 12.0 Å². The molecular weight excluding hydrogens is 234 g/mol. The van der Waals surface area contributed by atoms with Gasteiger partial charge in [0, 0.05) is 6.20 Å². The number of nitrogens with zero attached hydrogens (tertiary/aromatic N) is 4. The summed E-state index contributed by atoms with van der Waals surface area (Å²) >= 11 is 4.81. The second kappa shape index (κ2) is 4.58. The average Bonchev–Trinajstić information content (AvgIpc) is 2.78. The normalized spacial score (nSPS) is 10.8. The van der Waals surface area contributed by atoms with Crippen LogP contribution in [0.5, 0.6) is 0 Å². The van der Waals surface area contributed by atoms with E-state index in [1.54, 1.807) is 17.1 Å². The molecule has 6 heteroatoms. The van der Waals surface area contributed by atoms with Crippen molar-refractivity contribution in [1.82, 2.24) is 19.7 Å². The molecule has 0 aromatic carbocycles. The summed E-state index contributed by atoms with van der Waals surface area (Å²) in [6.45, 7) is 4.18. The molecule has 5 nitrogen and oxygen atoms in total. The highest BCUT2D eigenvalue weighted by atomic mass is 32.1. The first-order valence-corrected chi connectivity index (χ1v) is 5.66. The first-order chi connectivity index (χ1) is 8.08. The summed E-state index contributed by atoms with van der Waals surface area (Å²) in [6, 6.07) is 1.97. The van der Waals surface area contributed by atoms with E-state index in [1.165, 1.54) is 0 Å². The monoisotopic (exact) mass is 247 g/mol. The average molecular weight is 247 g/mol. The number of aromatic nitrogens is 4. The molecule has 2 aromatic rings. The molecule has 0 bridgehead atoms. The zero-order valence-electron chi connectivity index (χ0n) is 9.66. The predicted molar refractivity (Wildman–Crippen MR) is 69.1 cm³/mol. The highest BCUT2D eigenvalue weighted by Crippen LogP contribution is 2.12. The van der Waals surface area contributed by atoms with Gasteiger partial charge < -0.3 is 5.73 Å². The van der Waals surface area contributed by atoms with Gasteiger partial charge in [0.15, 0.2) is 5.82 Å². The van der Waals surface area contributed by atoms with Crippen molar-refractivity contribution in [3.63, 3.8) is 0 Å². The lowest BCUT2D eigenvalue weighted by Crippen LogP contribution is -2.12. The fraction of sp³-hybridized carbons (Fsp3) is 0.273. The van der Waals surface area contributed by atoms with Crippen molar-refractivity contribution in [2.75, 3.05) is 0 Å². The number of rotatable bonds is 3. The van der Waals surface area contributed by atoms with Crippen LogP contribution in [-0.4, -0.2) is 24.7 Å². The van der Waals surface area contributed by atoms with Crippen LogP contribution in [0.15, 0.2) is 24.7 Å². The van der Waals surface area contributed by atoms with Gasteiger partial charge in [-0.3, -0.25) is 0 Å². The van der Waals surface area contributed by atoms with Crippen molar-refractivity contribution in [2.45, 2.75) is 19.8 Å². The maximum atomic E-state index is 5.45. The zero-order valence-corrected chi connectivity index (χ0v) is 10.5. The Balaban J connectivity index is 2.30. The molecule has 0 spiro atoms. The highest BCUT2D eigenvalue weighted by molar-refractivity contribution is 7.80. The number of thiocarbonyl (C=S) groups is 1. The third-order valence-electron chi connectivity index (χ3n) is 2.33. The zero-order chi connectivity index (χ0) is 12.4. The minimum atomic E-state index is 0.243. The minimum absolute atomic E-state index is 0.243. The third kappa shape index (κ3) is 2.47. The maximum Gasteiger partial charge on any atom is 0.171 e. The molecule has 2 aromatic heterocycles. The molecule has 2 N–H and O–H groups in total. The van der Waals surface area contributed by atoms with Gasteiger partial charge in [-0.1, -0.05) is 26.1 Å². The first-order valence-electron chi connectivity index (χ1n) is 5.25. The molecule has 2 rings (SSSR count). The van der Waals surface area contributed by atoms with E-state index in [4.69, 9.17) is 18.0 Å². The van der Waals surface area contributed by atoms with E-state index in [9.17, 15) is 0 Å². The van der Waals surface area contributed by atoms with Crippen molar-refractivity contribution in [2.24, 2.45) is 5.73 Å². The van der Waals surface area contributed by atoms with Gasteiger partial charge in [-0.2, -0.15) is 5.10 Å². The molecule has 0 aliphatic heterocycles. The van der Waals surface area contributed by atoms with Crippen LogP contribution < -0.4 is 5.73 Å². The molecule has 0 radical (unpaired) electrons. The number of hydrogen-bond donors (Lipinski definition) is 1. The van der Waals surface area contributed by atoms with E-state index in [2.05, 4.69) is 28.9 Å². The van der Waals surface area contributed by atoms with Crippen LogP contribution in [0.4, 0.5) is 0 Å². The van der Waals surface area contributed by atoms with E-state index < -0.39 is 0 Å². The van der Waals surface area contributed by atoms with Gasteiger partial charge in [0.1, 0.15) is 10.7 Å². The maximum absolute atomic E-state index is 5.45. The summed E-state index contributed by atoms with van der Waals surface area (Å²) in [6.07, 6.45) is 5.01. The molecule has 17 heavy (non-hydrogen) atoms. The topological polar surface area (TPSA) is 69.6 Å². The Hall–Kier alpha value is -1.82. The molecule has 0 aliphatic rings. The third-order valence-corrected chi connectivity index (χ3v) is 2.54. The summed E-state index contributed by atoms with van der Waals surface area (Å²) in [5.41, 5.74) is 6.99.